The predicted octanol–water partition coefficient (Wildman–Crippen LogP) is 1.67. The van der Waals surface area contributed by atoms with E-state index in [-0.39, 0.29) is 12.1 Å². The molecule has 2 atom stereocenters. The van der Waals surface area contributed by atoms with E-state index in [2.05, 4.69) is 15.5 Å². The lowest BCUT2D eigenvalue weighted by Crippen LogP contribution is -2.11. The normalized spacial score (nSPS) is 21.6. The van der Waals surface area contributed by atoms with Gasteiger partial charge in [0.05, 0.1) is 19.3 Å². The molecular formula is C14H19N5O2. The highest BCUT2D eigenvalue weighted by Gasteiger charge is 2.29. The van der Waals surface area contributed by atoms with E-state index in [0.29, 0.717) is 17.3 Å². The first-order valence-corrected chi connectivity index (χ1v) is 6.97. The van der Waals surface area contributed by atoms with Gasteiger partial charge in [0.1, 0.15) is 5.75 Å². The van der Waals surface area contributed by atoms with Gasteiger partial charge in [0.25, 0.3) is 0 Å². The SMILES string of the molecule is COc1cc(N)cc(-c2nnnn2C2CCC(OC)C2)c1. The van der Waals surface area contributed by atoms with Crippen LogP contribution in [0.2, 0.25) is 0 Å². The molecule has 7 nitrogen and oxygen atoms in total. The first kappa shape index (κ1) is 13.8. The van der Waals surface area contributed by atoms with Crippen LogP contribution in [-0.2, 0) is 4.74 Å². The van der Waals surface area contributed by atoms with Gasteiger partial charge in [-0.1, -0.05) is 0 Å². The number of anilines is 1. The van der Waals surface area contributed by atoms with Crippen LogP contribution < -0.4 is 10.5 Å². The van der Waals surface area contributed by atoms with E-state index in [9.17, 15) is 0 Å². The number of hydrogen-bond acceptors (Lipinski definition) is 6. The van der Waals surface area contributed by atoms with Crippen LogP contribution in [0, 0.1) is 0 Å². The second-order valence-corrected chi connectivity index (χ2v) is 5.27. The summed E-state index contributed by atoms with van der Waals surface area (Å²) in [5.41, 5.74) is 7.39. The summed E-state index contributed by atoms with van der Waals surface area (Å²) in [4.78, 5) is 0. The number of hydrogen-bond donors (Lipinski definition) is 1. The molecule has 1 heterocycles. The van der Waals surface area contributed by atoms with Gasteiger partial charge in [-0.3, -0.25) is 0 Å². The molecule has 2 unspecified atom stereocenters. The second-order valence-electron chi connectivity index (χ2n) is 5.27. The third-order valence-electron chi connectivity index (χ3n) is 3.95. The Kier molecular flexibility index (Phi) is 3.74. The van der Waals surface area contributed by atoms with Crippen LogP contribution in [0.15, 0.2) is 18.2 Å². The third kappa shape index (κ3) is 2.69. The van der Waals surface area contributed by atoms with Crippen molar-refractivity contribution in [1.82, 2.24) is 20.2 Å². The number of benzene rings is 1. The highest BCUT2D eigenvalue weighted by molar-refractivity contribution is 5.64. The molecule has 1 saturated carbocycles. The molecule has 0 amide bonds. The topological polar surface area (TPSA) is 88.1 Å². The van der Waals surface area contributed by atoms with Crippen LogP contribution in [0.25, 0.3) is 11.4 Å². The number of nitrogens with two attached hydrogens (primary N) is 1. The summed E-state index contributed by atoms with van der Waals surface area (Å²) < 4.78 is 12.5. The molecule has 3 rings (SSSR count). The first-order valence-electron chi connectivity index (χ1n) is 6.97. The summed E-state index contributed by atoms with van der Waals surface area (Å²) >= 11 is 0. The molecule has 0 aliphatic heterocycles. The molecule has 0 bridgehead atoms. The van der Waals surface area contributed by atoms with Gasteiger partial charge in [0.2, 0.25) is 0 Å². The molecule has 0 saturated heterocycles. The summed E-state index contributed by atoms with van der Waals surface area (Å²) in [6.45, 7) is 0. The molecule has 1 aromatic heterocycles. The quantitative estimate of drug-likeness (QED) is 0.861. The largest absolute Gasteiger partial charge is 0.497 e. The average Bonchev–Trinajstić information content (AvgIpc) is 3.14. The lowest BCUT2D eigenvalue weighted by atomic mass is 10.1. The standard InChI is InChI=1S/C14H19N5O2/c1-20-12-4-3-11(8-12)19-14(16-17-18-19)9-5-10(15)7-13(6-9)21-2/h5-7,11-12H,3-4,8,15H2,1-2H3. The van der Waals surface area contributed by atoms with E-state index in [1.54, 1.807) is 20.3 Å². The molecule has 2 N–H and O–H groups in total. The van der Waals surface area contributed by atoms with Crippen molar-refractivity contribution in [2.45, 2.75) is 31.4 Å². The molecule has 1 fully saturated rings. The molecule has 1 aromatic carbocycles. The van der Waals surface area contributed by atoms with E-state index in [1.807, 2.05) is 16.8 Å². The molecule has 0 spiro atoms. The average molecular weight is 289 g/mol. The Labute approximate surface area is 123 Å². The fourth-order valence-corrected chi connectivity index (χ4v) is 2.85. The fourth-order valence-electron chi connectivity index (χ4n) is 2.85. The zero-order chi connectivity index (χ0) is 14.8. The van der Waals surface area contributed by atoms with Crippen molar-refractivity contribution < 1.29 is 9.47 Å². The van der Waals surface area contributed by atoms with Crippen molar-refractivity contribution in [2.75, 3.05) is 20.0 Å². The van der Waals surface area contributed by atoms with E-state index in [1.165, 1.54) is 0 Å². The molecule has 1 aliphatic rings. The third-order valence-corrected chi connectivity index (χ3v) is 3.95. The Bertz CT molecular complexity index is 628. The Morgan fingerprint density at radius 3 is 2.81 bits per heavy atom. The summed E-state index contributed by atoms with van der Waals surface area (Å²) in [5.74, 6) is 1.41. The summed E-state index contributed by atoms with van der Waals surface area (Å²) in [5, 5.41) is 12.1. The molecule has 112 valence electrons. The monoisotopic (exact) mass is 289 g/mol. The van der Waals surface area contributed by atoms with Crippen molar-refractivity contribution in [3.63, 3.8) is 0 Å². The van der Waals surface area contributed by atoms with Crippen LogP contribution in [0.3, 0.4) is 0 Å². The van der Waals surface area contributed by atoms with Gasteiger partial charge in [-0.25, -0.2) is 4.68 Å². The van der Waals surface area contributed by atoms with Crippen LogP contribution in [-0.4, -0.2) is 40.5 Å². The number of rotatable bonds is 4. The van der Waals surface area contributed by atoms with Gasteiger partial charge in [0, 0.05) is 24.4 Å². The van der Waals surface area contributed by atoms with Crippen LogP contribution in [0.5, 0.6) is 5.75 Å². The zero-order valence-corrected chi connectivity index (χ0v) is 12.2. The number of ether oxygens (including phenoxy) is 2. The van der Waals surface area contributed by atoms with Gasteiger partial charge in [-0.05, 0) is 41.8 Å². The van der Waals surface area contributed by atoms with Gasteiger partial charge >= 0.3 is 0 Å². The zero-order valence-electron chi connectivity index (χ0n) is 12.2. The number of nitrogens with zero attached hydrogens (tertiary/aromatic N) is 4. The number of methoxy groups -OCH3 is 2. The second kappa shape index (κ2) is 5.69. The van der Waals surface area contributed by atoms with Gasteiger partial charge in [-0.15, -0.1) is 5.10 Å². The van der Waals surface area contributed by atoms with E-state index in [4.69, 9.17) is 15.2 Å². The first-order chi connectivity index (χ1) is 10.2. The van der Waals surface area contributed by atoms with Crippen molar-refractivity contribution in [3.8, 4) is 17.1 Å². The smallest absolute Gasteiger partial charge is 0.182 e. The molecule has 7 heteroatoms. The number of nitrogen functional groups attached to an aromatic ring is 1. The fraction of sp³-hybridized carbons (Fsp3) is 0.500. The maximum atomic E-state index is 5.91. The maximum absolute atomic E-state index is 5.91. The molecular weight excluding hydrogens is 270 g/mol. The lowest BCUT2D eigenvalue weighted by Gasteiger charge is -2.13. The molecule has 2 aromatic rings. The van der Waals surface area contributed by atoms with E-state index in [0.717, 1.165) is 24.8 Å². The molecule has 21 heavy (non-hydrogen) atoms. The van der Waals surface area contributed by atoms with Crippen LogP contribution >= 0.6 is 0 Å². The summed E-state index contributed by atoms with van der Waals surface area (Å²) in [6, 6.07) is 5.77. The van der Waals surface area contributed by atoms with Crippen LogP contribution in [0.4, 0.5) is 5.69 Å². The van der Waals surface area contributed by atoms with E-state index < -0.39 is 0 Å². The Hall–Kier alpha value is -2.15. The van der Waals surface area contributed by atoms with Gasteiger partial charge in [-0.2, -0.15) is 0 Å². The number of tetrazole rings is 1. The molecule has 0 radical (unpaired) electrons. The lowest BCUT2D eigenvalue weighted by molar-refractivity contribution is 0.105. The minimum Gasteiger partial charge on any atom is -0.497 e. The summed E-state index contributed by atoms with van der Waals surface area (Å²) in [6.07, 6.45) is 3.24. The Morgan fingerprint density at radius 1 is 1.24 bits per heavy atom. The maximum Gasteiger partial charge on any atom is 0.182 e. The van der Waals surface area contributed by atoms with Gasteiger partial charge < -0.3 is 15.2 Å². The van der Waals surface area contributed by atoms with Crippen molar-refractivity contribution >= 4 is 5.69 Å². The van der Waals surface area contributed by atoms with Gasteiger partial charge in [0.15, 0.2) is 5.82 Å². The van der Waals surface area contributed by atoms with Crippen molar-refractivity contribution in [2.24, 2.45) is 0 Å². The highest BCUT2D eigenvalue weighted by Crippen LogP contribution is 2.34. The van der Waals surface area contributed by atoms with Crippen LogP contribution in [0.1, 0.15) is 25.3 Å². The number of aromatic nitrogens is 4. The molecule has 1 aliphatic carbocycles. The Morgan fingerprint density at radius 2 is 2.10 bits per heavy atom. The highest BCUT2D eigenvalue weighted by atomic mass is 16.5. The minimum atomic E-state index is 0.257. The predicted molar refractivity (Wildman–Crippen MR) is 77.9 cm³/mol. The van der Waals surface area contributed by atoms with E-state index >= 15 is 0 Å². The van der Waals surface area contributed by atoms with Crippen molar-refractivity contribution in [3.05, 3.63) is 18.2 Å². The minimum absolute atomic E-state index is 0.257. The summed E-state index contributed by atoms with van der Waals surface area (Å²) in [7, 11) is 3.36. The van der Waals surface area contributed by atoms with Crippen molar-refractivity contribution in [1.29, 1.82) is 0 Å². The Balaban J connectivity index is 1.94.